The number of rotatable bonds is 1. The molecule has 0 atom stereocenters. The third-order valence-electron chi connectivity index (χ3n) is 0.224. The van der Waals surface area contributed by atoms with Gasteiger partial charge in [-0.3, -0.25) is 0 Å². The Morgan fingerprint density at radius 1 is 1.50 bits per heavy atom. The minimum Gasteiger partial charge on any atom is -0.333 e. The molecule has 0 aliphatic rings. The van der Waals surface area contributed by atoms with Gasteiger partial charge < -0.3 is 5.73 Å². The molecular weight excluding hydrogens is 94.1 g/mol. The van der Waals surface area contributed by atoms with Crippen molar-refractivity contribution in [3.05, 3.63) is 0 Å². The molecule has 40 valence electrons. The molecule has 0 aliphatic carbocycles. The van der Waals surface area contributed by atoms with Crippen LogP contribution in [0.25, 0.3) is 0 Å². The first-order valence-corrected chi connectivity index (χ1v) is 2.73. The minimum atomic E-state index is 1.01. The van der Waals surface area contributed by atoms with Crippen LogP contribution in [0.5, 0.6) is 0 Å². The van der Waals surface area contributed by atoms with Gasteiger partial charge in [0.1, 0.15) is 0 Å². The molecule has 2 N–H and O–H groups in total. The van der Waals surface area contributed by atoms with Crippen LogP contribution >= 0.6 is 12.6 Å². The van der Waals surface area contributed by atoms with Crippen LogP contribution in [-0.2, 0) is 0 Å². The van der Waals surface area contributed by atoms with E-state index in [1.165, 1.54) is 13.5 Å². The second-order valence-electron chi connectivity index (χ2n) is 0.724. The fourth-order valence-electron chi connectivity index (χ4n) is 0. The molecule has 2 heteroatoms. The number of thiol groups is 1. The summed E-state index contributed by atoms with van der Waals surface area (Å²) in [6.45, 7) is 2.10. The molecule has 6 heavy (non-hydrogen) atoms. The van der Waals surface area contributed by atoms with Gasteiger partial charge in [0, 0.05) is 0 Å². The highest BCUT2D eigenvalue weighted by atomic mass is 32.1. The third-order valence-corrected chi connectivity index (χ3v) is 0.671. The molecule has 0 spiro atoms. The largest absolute Gasteiger partial charge is 0.333 e. The fourth-order valence-corrected chi connectivity index (χ4v) is 0. The Kier molecular flexibility index (Phi) is 29.5. The Bertz CT molecular complexity index is 9.51. The van der Waals surface area contributed by atoms with Crippen LogP contribution in [0.4, 0.5) is 0 Å². The van der Waals surface area contributed by atoms with Crippen LogP contribution in [0.15, 0.2) is 0 Å². The van der Waals surface area contributed by atoms with Gasteiger partial charge in [-0.1, -0.05) is 6.92 Å². The summed E-state index contributed by atoms with van der Waals surface area (Å²) in [7, 11) is 1.50. The summed E-state index contributed by atoms with van der Waals surface area (Å²) in [5.74, 6) is 1.01. The van der Waals surface area contributed by atoms with E-state index in [2.05, 4.69) is 25.3 Å². The topological polar surface area (TPSA) is 26.0 Å². The SMILES string of the molecule is CCCS.CN. The van der Waals surface area contributed by atoms with Gasteiger partial charge in [0.2, 0.25) is 0 Å². The van der Waals surface area contributed by atoms with Gasteiger partial charge in [0.05, 0.1) is 0 Å². The van der Waals surface area contributed by atoms with Crippen LogP contribution in [0.3, 0.4) is 0 Å². The average Bonchev–Trinajstić information content (AvgIpc) is 1.72. The smallest absolute Gasteiger partial charge is 0.0101 e. The Balaban J connectivity index is 0. The highest BCUT2D eigenvalue weighted by molar-refractivity contribution is 7.80. The van der Waals surface area contributed by atoms with Crippen LogP contribution < -0.4 is 5.73 Å². The lowest BCUT2D eigenvalue weighted by Gasteiger charge is -1.67. The van der Waals surface area contributed by atoms with E-state index in [4.69, 9.17) is 0 Å². The van der Waals surface area contributed by atoms with E-state index in [-0.39, 0.29) is 0 Å². The molecule has 0 aromatic carbocycles. The standard InChI is InChI=1S/C3H8S.CH5N/c1-2-3-4;1-2/h4H,2-3H2,1H3;2H2,1H3. The van der Waals surface area contributed by atoms with Crippen molar-refractivity contribution in [2.75, 3.05) is 12.8 Å². The van der Waals surface area contributed by atoms with E-state index in [9.17, 15) is 0 Å². The Morgan fingerprint density at radius 3 is 1.67 bits per heavy atom. The monoisotopic (exact) mass is 107 g/mol. The molecule has 0 aromatic rings. The van der Waals surface area contributed by atoms with Gasteiger partial charge in [-0.15, -0.1) is 0 Å². The maximum absolute atomic E-state index is 4.50. The van der Waals surface area contributed by atoms with Crippen LogP contribution in [-0.4, -0.2) is 12.8 Å². The van der Waals surface area contributed by atoms with Crippen LogP contribution in [0.2, 0.25) is 0 Å². The molecular formula is C4H13NS. The Morgan fingerprint density at radius 2 is 1.67 bits per heavy atom. The summed E-state index contributed by atoms with van der Waals surface area (Å²) in [4.78, 5) is 0. The zero-order valence-electron chi connectivity index (χ0n) is 4.44. The second kappa shape index (κ2) is 18.5. The predicted molar refractivity (Wildman–Crippen MR) is 34.3 cm³/mol. The van der Waals surface area contributed by atoms with E-state index >= 15 is 0 Å². The predicted octanol–water partition coefficient (Wildman–Crippen LogP) is 0.901. The van der Waals surface area contributed by atoms with Crippen molar-refractivity contribution in [2.45, 2.75) is 13.3 Å². The van der Waals surface area contributed by atoms with E-state index < -0.39 is 0 Å². The number of hydrogen-bond acceptors (Lipinski definition) is 2. The fraction of sp³-hybridized carbons (Fsp3) is 1.00. The van der Waals surface area contributed by atoms with Gasteiger partial charge in [-0.2, -0.15) is 12.6 Å². The molecule has 0 rings (SSSR count). The van der Waals surface area contributed by atoms with E-state index in [1.54, 1.807) is 0 Å². The second-order valence-corrected chi connectivity index (χ2v) is 1.17. The molecule has 0 saturated heterocycles. The first-order chi connectivity index (χ1) is 2.91. The first kappa shape index (κ1) is 9.58. The van der Waals surface area contributed by atoms with Crippen LogP contribution in [0, 0.1) is 0 Å². The molecule has 0 aromatic heterocycles. The molecule has 0 saturated carbocycles. The van der Waals surface area contributed by atoms with Crippen molar-refractivity contribution in [2.24, 2.45) is 5.73 Å². The van der Waals surface area contributed by atoms with Crippen molar-refractivity contribution < 1.29 is 0 Å². The van der Waals surface area contributed by atoms with Crippen molar-refractivity contribution in [3.8, 4) is 0 Å². The lowest BCUT2D eigenvalue weighted by molar-refractivity contribution is 1.11. The van der Waals surface area contributed by atoms with Gasteiger partial charge in [0.25, 0.3) is 0 Å². The van der Waals surface area contributed by atoms with Crippen molar-refractivity contribution in [1.29, 1.82) is 0 Å². The normalized spacial score (nSPS) is 6.00. The van der Waals surface area contributed by atoms with E-state index in [0.29, 0.717) is 0 Å². The molecule has 0 bridgehead atoms. The minimum absolute atomic E-state index is 1.01. The maximum atomic E-state index is 4.50. The Labute approximate surface area is 45.3 Å². The summed E-state index contributed by atoms with van der Waals surface area (Å²) in [6.07, 6.45) is 1.18. The highest BCUT2D eigenvalue weighted by Crippen LogP contribution is 1.74. The maximum Gasteiger partial charge on any atom is -0.0101 e. The third kappa shape index (κ3) is 27.5. The number of hydrogen-bond donors (Lipinski definition) is 2. The molecule has 0 radical (unpaired) electrons. The van der Waals surface area contributed by atoms with Gasteiger partial charge in [-0.25, -0.2) is 0 Å². The van der Waals surface area contributed by atoms with Gasteiger partial charge in [0.15, 0.2) is 0 Å². The summed E-state index contributed by atoms with van der Waals surface area (Å²) in [5, 5.41) is 0. The molecule has 0 aliphatic heterocycles. The molecule has 0 fully saturated rings. The zero-order chi connectivity index (χ0) is 5.41. The average molecular weight is 107 g/mol. The lowest BCUT2D eigenvalue weighted by Crippen LogP contribution is -1.69. The van der Waals surface area contributed by atoms with Gasteiger partial charge in [-0.05, 0) is 19.2 Å². The Hall–Kier alpha value is 0.310. The molecule has 0 amide bonds. The molecule has 0 heterocycles. The molecule has 1 nitrogen and oxygen atoms in total. The van der Waals surface area contributed by atoms with E-state index in [0.717, 1.165) is 5.75 Å². The summed E-state index contributed by atoms with van der Waals surface area (Å²) < 4.78 is 0. The van der Waals surface area contributed by atoms with Crippen molar-refractivity contribution in [1.82, 2.24) is 0 Å². The highest BCUT2D eigenvalue weighted by Gasteiger charge is 1.57. The van der Waals surface area contributed by atoms with Crippen molar-refractivity contribution in [3.63, 3.8) is 0 Å². The quantitative estimate of drug-likeness (QED) is 0.478. The summed E-state index contributed by atoms with van der Waals surface area (Å²) in [6, 6.07) is 0. The lowest BCUT2D eigenvalue weighted by atomic mass is 10.6. The summed E-state index contributed by atoms with van der Waals surface area (Å²) >= 11 is 3.92. The van der Waals surface area contributed by atoms with Crippen LogP contribution in [0.1, 0.15) is 13.3 Å². The van der Waals surface area contributed by atoms with Crippen molar-refractivity contribution >= 4 is 12.6 Å². The van der Waals surface area contributed by atoms with Gasteiger partial charge >= 0.3 is 0 Å². The zero-order valence-corrected chi connectivity index (χ0v) is 5.33. The molecule has 0 unspecified atom stereocenters. The number of nitrogens with two attached hydrogens (primary N) is 1. The summed E-state index contributed by atoms with van der Waals surface area (Å²) in [5.41, 5.74) is 4.50. The first-order valence-electron chi connectivity index (χ1n) is 2.10. The van der Waals surface area contributed by atoms with E-state index in [1.807, 2.05) is 0 Å².